The molecule has 3 aromatic rings. The summed E-state index contributed by atoms with van der Waals surface area (Å²) in [6.45, 7) is 0. The molecular weight excluding hydrogens is 375 g/mol. The lowest BCUT2D eigenvalue weighted by atomic mass is 10.2. The lowest BCUT2D eigenvalue weighted by Gasteiger charge is -2.18. The maximum atomic E-state index is 13.6. The van der Waals surface area contributed by atoms with Crippen LogP contribution in [0.15, 0.2) is 70.3 Å². The Morgan fingerprint density at radius 2 is 1.73 bits per heavy atom. The number of nitrogens with zero attached hydrogens (tertiary/aromatic N) is 1. The molecule has 0 atom stereocenters. The number of para-hydroxylation sites is 1. The third kappa shape index (κ3) is 3.61. The van der Waals surface area contributed by atoms with Crippen LogP contribution >= 0.6 is 11.3 Å². The van der Waals surface area contributed by atoms with E-state index in [0.29, 0.717) is 11.3 Å². The van der Waals surface area contributed by atoms with Crippen molar-refractivity contribution in [1.82, 2.24) is 0 Å². The van der Waals surface area contributed by atoms with Crippen LogP contribution in [-0.2, 0) is 10.0 Å². The third-order valence-electron chi connectivity index (χ3n) is 3.73. The number of nitrogens with one attached hydrogen (secondary N) is 1. The van der Waals surface area contributed by atoms with Crippen LogP contribution in [0.2, 0.25) is 0 Å². The van der Waals surface area contributed by atoms with Crippen molar-refractivity contribution in [3.63, 3.8) is 0 Å². The number of halogens is 1. The minimum absolute atomic E-state index is 0.0824. The highest BCUT2D eigenvalue weighted by Crippen LogP contribution is 2.25. The smallest absolute Gasteiger partial charge is 0.273 e. The van der Waals surface area contributed by atoms with Gasteiger partial charge in [-0.3, -0.25) is 9.10 Å². The van der Waals surface area contributed by atoms with Gasteiger partial charge in [0.1, 0.15) is 10.0 Å². The van der Waals surface area contributed by atoms with Crippen molar-refractivity contribution >= 4 is 38.6 Å². The molecule has 1 heterocycles. The first-order valence-electron chi connectivity index (χ1n) is 7.58. The summed E-state index contributed by atoms with van der Waals surface area (Å²) in [5.74, 6) is -1.01. The van der Waals surface area contributed by atoms with Crippen molar-refractivity contribution in [3.05, 3.63) is 77.4 Å². The molecule has 0 saturated carbocycles. The lowest BCUT2D eigenvalue weighted by Crippen LogP contribution is -2.25. The molecule has 0 aliphatic carbocycles. The number of carbonyl (C=O) groups is 1. The monoisotopic (exact) mass is 390 g/mol. The Labute approximate surface area is 154 Å². The summed E-state index contributed by atoms with van der Waals surface area (Å²) in [5, 5.41) is 4.18. The highest BCUT2D eigenvalue weighted by molar-refractivity contribution is 7.94. The topological polar surface area (TPSA) is 66.5 Å². The maximum absolute atomic E-state index is 13.6. The van der Waals surface area contributed by atoms with Gasteiger partial charge < -0.3 is 5.32 Å². The van der Waals surface area contributed by atoms with E-state index in [-0.39, 0.29) is 9.90 Å². The van der Waals surface area contributed by atoms with Crippen molar-refractivity contribution < 1.29 is 17.6 Å². The van der Waals surface area contributed by atoms with Gasteiger partial charge in [-0.25, -0.2) is 12.8 Å². The molecule has 0 unspecified atom stereocenters. The molecule has 0 saturated heterocycles. The van der Waals surface area contributed by atoms with Crippen molar-refractivity contribution in [2.45, 2.75) is 4.21 Å². The lowest BCUT2D eigenvalue weighted by molar-refractivity contribution is 0.102. The molecule has 0 fully saturated rings. The summed E-state index contributed by atoms with van der Waals surface area (Å²) >= 11 is 1.13. The van der Waals surface area contributed by atoms with E-state index in [1.165, 1.54) is 55.6 Å². The Morgan fingerprint density at radius 1 is 1.04 bits per heavy atom. The molecule has 0 aliphatic heterocycles. The summed E-state index contributed by atoms with van der Waals surface area (Å²) in [7, 11) is -2.19. The van der Waals surface area contributed by atoms with Gasteiger partial charge in [0.25, 0.3) is 15.9 Å². The van der Waals surface area contributed by atoms with Gasteiger partial charge in [0.2, 0.25) is 0 Å². The summed E-state index contributed by atoms with van der Waals surface area (Å²) < 4.78 is 40.0. The minimum atomic E-state index is -3.63. The van der Waals surface area contributed by atoms with Crippen molar-refractivity contribution in [2.24, 2.45) is 0 Å². The number of hydrogen-bond donors (Lipinski definition) is 1. The first kappa shape index (κ1) is 18.1. The molecule has 0 bridgehead atoms. The van der Waals surface area contributed by atoms with E-state index in [2.05, 4.69) is 5.32 Å². The molecular formula is C18H15FN2O3S2. The van der Waals surface area contributed by atoms with Crippen LogP contribution in [0.5, 0.6) is 0 Å². The molecule has 8 heteroatoms. The molecule has 26 heavy (non-hydrogen) atoms. The molecule has 134 valence electrons. The van der Waals surface area contributed by atoms with Crippen molar-refractivity contribution in [1.29, 1.82) is 0 Å². The van der Waals surface area contributed by atoms with E-state index < -0.39 is 21.7 Å². The van der Waals surface area contributed by atoms with Crippen LogP contribution in [0.1, 0.15) is 10.4 Å². The normalized spacial score (nSPS) is 11.2. The number of rotatable bonds is 5. The predicted molar refractivity (Wildman–Crippen MR) is 101 cm³/mol. The number of benzene rings is 2. The highest BCUT2D eigenvalue weighted by atomic mass is 32.2. The van der Waals surface area contributed by atoms with E-state index in [1.54, 1.807) is 17.5 Å². The first-order chi connectivity index (χ1) is 12.4. The third-order valence-corrected chi connectivity index (χ3v) is 6.88. The Balaban J connectivity index is 1.78. The van der Waals surface area contributed by atoms with Gasteiger partial charge in [-0.1, -0.05) is 18.2 Å². The SMILES string of the molecule is CN(c1ccc(C(=O)Nc2ccccc2F)cc1)S(=O)(=O)c1cccs1. The van der Waals surface area contributed by atoms with E-state index in [0.717, 1.165) is 15.6 Å². The van der Waals surface area contributed by atoms with Crippen LogP contribution in [-0.4, -0.2) is 21.4 Å². The second kappa shape index (κ2) is 7.27. The quantitative estimate of drug-likeness (QED) is 0.717. The predicted octanol–water partition coefficient (Wildman–Crippen LogP) is 3.96. The van der Waals surface area contributed by atoms with E-state index in [4.69, 9.17) is 0 Å². The second-order valence-electron chi connectivity index (χ2n) is 5.39. The number of carbonyl (C=O) groups excluding carboxylic acids is 1. The fourth-order valence-electron chi connectivity index (χ4n) is 2.26. The van der Waals surface area contributed by atoms with Gasteiger partial charge in [0.15, 0.2) is 0 Å². The Hall–Kier alpha value is -2.71. The number of sulfonamides is 1. The average molecular weight is 390 g/mol. The minimum Gasteiger partial charge on any atom is -0.319 e. The molecule has 0 spiro atoms. The average Bonchev–Trinajstić information content (AvgIpc) is 3.18. The summed E-state index contributed by atoms with van der Waals surface area (Å²) in [4.78, 5) is 12.2. The van der Waals surface area contributed by atoms with E-state index in [9.17, 15) is 17.6 Å². The molecule has 0 radical (unpaired) electrons. The standard InChI is InChI=1S/C18H15FN2O3S2/c1-21(26(23,24)17-7-4-12-25-17)14-10-8-13(9-11-14)18(22)20-16-6-3-2-5-15(16)19/h2-12H,1H3,(H,20,22). The largest absolute Gasteiger partial charge is 0.319 e. The molecule has 5 nitrogen and oxygen atoms in total. The van der Waals surface area contributed by atoms with Crippen LogP contribution in [0.25, 0.3) is 0 Å². The van der Waals surface area contributed by atoms with Crippen molar-refractivity contribution in [2.75, 3.05) is 16.7 Å². The zero-order valence-electron chi connectivity index (χ0n) is 13.7. The Kier molecular flexibility index (Phi) is 5.06. The van der Waals surface area contributed by atoms with Crippen LogP contribution in [0.4, 0.5) is 15.8 Å². The zero-order chi connectivity index (χ0) is 18.7. The fraction of sp³-hybridized carbons (Fsp3) is 0.0556. The Morgan fingerprint density at radius 3 is 2.35 bits per heavy atom. The van der Waals surface area contributed by atoms with Gasteiger partial charge in [-0.05, 0) is 47.8 Å². The Bertz CT molecular complexity index is 1020. The van der Waals surface area contributed by atoms with E-state index >= 15 is 0 Å². The van der Waals surface area contributed by atoms with Gasteiger partial charge in [-0.15, -0.1) is 11.3 Å². The molecule has 0 aliphatic rings. The molecule has 1 N–H and O–H groups in total. The summed E-state index contributed by atoms with van der Waals surface area (Å²) in [5.41, 5.74) is 0.790. The van der Waals surface area contributed by atoms with Gasteiger partial charge in [0, 0.05) is 12.6 Å². The van der Waals surface area contributed by atoms with E-state index in [1.807, 2.05) is 0 Å². The number of anilines is 2. The van der Waals surface area contributed by atoms with Crippen molar-refractivity contribution in [3.8, 4) is 0 Å². The fourth-order valence-corrected chi connectivity index (χ4v) is 4.62. The molecule has 1 aromatic heterocycles. The maximum Gasteiger partial charge on any atom is 0.273 e. The molecule has 2 aromatic carbocycles. The summed E-state index contributed by atoms with van der Waals surface area (Å²) in [6, 6.07) is 15.1. The van der Waals surface area contributed by atoms with Crippen LogP contribution in [0, 0.1) is 5.82 Å². The number of amides is 1. The van der Waals surface area contributed by atoms with Gasteiger partial charge in [0.05, 0.1) is 11.4 Å². The van der Waals surface area contributed by atoms with Crippen LogP contribution in [0.3, 0.4) is 0 Å². The highest BCUT2D eigenvalue weighted by Gasteiger charge is 2.22. The molecule has 3 rings (SSSR count). The van der Waals surface area contributed by atoms with Gasteiger partial charge in [-0.2, -0.15) is 0 Å². The number of hydrogen-bond acceptors (Lipinski definition) is 4. The number of thiophene rings is 1. The zero-order valence-corrected chi connectivity index (χ0v) is 15.4. The summed E-state index contributed by atoms with van der Waals surface area (Å²) in [6.07, 6.45) is 0. The van der Waals surface area contributed by atoms with Gasteiger partial charge >= 0.3 is 0 Å². The van der Waals surface area contributed by atoms with Crippen LogP contribution < -0.4 is 9.62 Å². The second-order valence-corrected chi connectivity index (χ2v) is 8.53. The molecule has 1 amide bonds. The first-order valence-corrected chi connectivity index (χ1v) is 9.90.